The van der Waals surface area contributed by atoms with Crippen LogP contribution in [-0.4, -0.2) is 29.7 Å². The van der Waals surface area contributed by atoms with Crippen molar-refractivity contribution in [2.24, 2.45) is 0 Å². The second kappa shape index (κ2) is 6.68. The Kier molecular flexibility index (Phi) is 3.87. The third-order valence-corrected chi connectivity index (χ3v) is 4.45. The number of nitrogens with one attached hydrogen (secondary N) is 1. The average molecular weight is 382 g/mol. The molecule has 29 heavy (non-hydrogen) atoms. The lowest BCUT2D eigenvalue weighted by atomic mass is 10.2. The van der Waals surface area contributed by atoms with Gasteiger partial charge < -0.3 is 10.4 Å². The summed E-state index contributed by atoms with van der Waals surface area (Å²) in [5.41, 5.74) is 1.60. The Morgan fingerprint density at radius 1 is 0.897 bits per heavy atom. The molecule has 0 aliphatic rings. The van der Waals surface area contributed by atoms with Crippen LogP contribution in [0.25, 0.3) is 27.9 Å². The molecule has 2 N–H and O–H groups in total. The van der Waals surface area contributed by atoms with Crippen molar-refractivity contribution in [2.45, 2.75) is 0 Å². The first kappa shape index (κ1) is 16.8. The lowest BCUT2D eigenvalue weighted by Crippen LogP contribution is -2.11. The fourth-order valence-corrected chi connectivity index (χ4v) is 3.08. The van der Waals surface area contributed by atoms with Gasteiger partial charge in [-0.15, -0.1) is 5.10 Å². The number of para-hydroxylation sites is 2. The van der Waals surface area contributed by atoms with E-state index >= 15 is 0 Å². The van der Waals surface area contributed by atoms with Gasteiger partial charge in [-0.05, 0) is 36.4 Å². The van der Waals surface area contributed by atoms with E-state index in [4.69, 9.17) is 0 Å². The average Bonchev–Trinajstić information content (AvgIpc) is 3.08. The number of rotatable bonds is 3. The molecule has 140 valence electrons. The Morgan fingerprint density at radius 3 is 2.59 bits per heavy atom. The van der Waals surface area contributed by atoms with Gasteiger partial charge >= 0.3 is 0 Å². The van der Waals surface area contributed by atoms with Crippen molar-refractivity contribution in [3.8, 4) is 17.1 Å². The summed E-state index contributed by atoms with van der Waals surface area (Å²) in [4.78, 5) is 25.3. The van der Waals surface area contributed by atoms with Crippen LogP contribution >= 0.6 is 0 Å². The monoisotopic (exact) mass is 382 g/mol. The molecule has 0 amide bonds. The summed E-state index contributed by atoms with van der Waals surface area (Å²) in [6.07, 6.45) is 1.43. The molecule has 0 radical (unpaired) electrons. The van der Waals surface area contributed by atoms with Crippen LogP contribution in [0, 0.1) is 0 Å². The van der Waals surface area contributed by atoms with Crippen LogP contribution in [0.15, 0.2) is 77.7 Å². The van der Waals surface area contributed by atoms with E-state index in [1.807, 2.05) is 24.3 Å². The molecule has 5 rings (SSSR count). The molecule has 0 aliphatic heterocycles. The van der Waals surface area contributed by atoms with Gasteiger partial charge in [0.1, 0.15) is 11.4 Å². The van der Waals surface area contributed by atoms with Crippen molar-refractivity contribution < 1.29 is 5.11 Å². The number of aromatic nitrogens is 5. The van der Waals surface area contributed by atoms with Crippen LogP contribution in [0.5, 0.6) is 5.75 Å². The predicted molar refractivity (Wildman–Crippen MR) is 109 cm³/mol. The van der Waals surface area contributed by atoms with Crippen molar-refractivity contribution in [2.75, 3.05) is 5.32 Å². The van der Waals surface area contributed by atoms with Gasteiger partial charge in [-0.3, -0.25) is 4.79 Å². The molecule has 8 heteroatoms. The maximum absolute atomic E-state index is 12.2. The van der Waals surface area contributed by atoms with Crippen molar-refractivity contribution in [1.29, 1.82) is 0 Å². The number of benzene rings is 2. The third kappa shape index (κ3) is 2.92. The molecule has 0 atom stereocenters. The molecule has 0 saturated carbocycles. The lowest BCUT2D eigenvalue weighted by molar-refractivity contribution is 0.477. The first-order chi connectivity index (χ1) is 14.2. The van der Waals surface area contributed by atoms with Gasteiger partial charge in [0.15, 0.2) is 11.5 Å². The minimum atomic E-state index is -0.417. The molecule has 2 aromatic carbocycles. The minimum Gasteiger partial charge on any atom is -0.507 e. The normalized spacial score (nSPS) is 11.0. The molecular formula is C21H14N6O2. The second-order valence-electron chi connectivity index (χ2n) is 6.31. The number of hydrogen-bond acceptors (Lipinski definition) is 7. The molecule has 0 spiro atoms. The molecule has 8 nitrogen and oxygen atoms in total. The van der Waals surface area contributed by atoms with E-state index in [1.54, 1.807) is 42.5 Å². The van der Waals surface area contributed by atoms with E-state index in [1.165, 1.54) is 10.7 Å². The summed E-state index contributed by atoms with van der Waals surface area (Å²) < 4.78 is 1.52. The van der Waals surface area contributed by atoms with Crippen LogP contribution in [-0.2, 0) is 0 Å². The highest BCUT2D eigenvalue weighted by molar-refractivity contribution is 5.93. The van der Waals surface area contributed by atoms with Gasteiger partial charge in [0.25, 0.3) is 5.56 Å². The van der Waals surface area contributed by atoms with Crippen LogP contribution < -0.4 is 10.9 Å². The van der Waals surface area contributed by atoms with Gasteiger partial charge in [0, 0.05) is 11.6 Å². The standard InChI is InChI=1S/C21H14N6O2/c28-17-11-4-2-8-14(17)18-25-19-13-7-1-3-9-15(13)23-21(27(19)26-18)24-16-10-5-6-12-22-20(16)29/h1-12,28H,(H,22,23,24,29). The van der Waals surface area contributed by atoms with Gasteiger partial charge in [-0.2, -0.15) is 4.52 Å². The van der Waals surface area contributed by atoms with Gasteiger partial charge in [0.2, 0.25) is 5.95 Å². The number of phenolic OH excluding ortho intramolecular Hbond substituents is 1. The zero-order valence-electron chi connectivity index (χ0n) is 15.0. The molecule has 0 unspecified atom stereocenters. The summed E-state index contributed by atoms with van der Waals surface area (Å²) in [6.45, 7) is 0. The number of nitrogens with zero attached hydrogens (tertiary/aromatic N) is 5. The van der Waals surface area contributed by atoms with Gasteiger partial charge in [0.05, 0.1) is 11.1 Å². The Hall–Kier alpha value is -4.33. The predicted octanol–water partition coefficient (Wildman–Crippen LogP) is 3.15. The quantitative estimate of drug-likeness (QED) is 0.494. The molecule has 3 heterocycles. The Bertz CT molecular complexity index is 1430. The van der Waals surface area contributed by atoms with Gasteiger partial charge in [-0.1, -0.05) is 30.3 Å². The summed E-state index contributed by atoms with van der Waals surface area (Å²) >= 11 is 0. The zero-order chi connectivity index (χ0) is 19.8. The topological polar surface area (TPSA) is 105 Å². The van der Waals surface area contributed by atoms with E-state index in [9.17, 15) is 9.90 Å². The van der Waals surface area contributed by atoms with E-state index in [2.05, 4.69) is 25.4 Å². The number of aromatic hydroxyl groups is 1. The maximum atomic E-state index is 12.2. The largest absolute Gasteiger partial charge is 0.507 e. The fraction of sp³-hybridized carbons (Fsp3) is 0. The van der Waals surface area contributed by atoms with Gasteiger partial charge in [-0.25, -0.2) is 15.0 Å². The summed E-state index contributed by atoms with van der Waals surface area (Å²) in [5.74, 6) is 0.748. The van der Waals surface area contributed by atoms with Crippen LogP contribution in [0.4, 0.5) is 11.6 Å². The third-order valence-electron chi connectivity index (χ3n) is 4.45. The van der Waals surface area contributed by atoms with Crippen LogP contribution in [0.1, 0.15) is 0 Å². The van der Waals surface area contributed by atoms with E-state index < -0.39 is 5.56 Å². The SMILES string of the molecule is O=c1nccccc1Nc1nc2ccccc2c2nc(-c3ccccc3O)nn12. The molecule has 0 aliphatic carbocycles. The Labute approximate surface area is 164 Å². The van der Waals surface area contributed by atoms with Crippen LogP contribution in [0.2, 0.25) is 0 Å². The first-order valence-corrected chi connectivity index (χ1v) is 8.87. The van der Waals surface area contributed by atoms with Crippen molar-refractivity contribution >= 4 is 28.2 Å². The molecule has 0 saturated heterocycles. The van der Waals surface area contributed by atoms with E-state index in [-0.39, 0.29) is 11.4 Å². The molecular weight excluding hydrogens is 368 g/mol. The summed E-state index contributed by atoms with van der Waals surface area (Å²) in [7, 11) is 0. The summed E-state index contributed by atoms with van der Waals surface area (Å²) in [6, 6.07) is 19.4. The zero-order valence-corrected chi connectivity index (χ0v) is 15.0. The molecule has 5 aromatic rings. The smallest absolute Gasteiger partial charge is 0.293 e. The Morgan fingerprint density at radius 2 is 1.69 bits per heavy atom. The fourth-order valence-electron chi connectivity index (χ4n) is 3.08. The lowest BCUT2D eigenvalue weighted by Gasteiger charge is -2.07. The van der Waals surface area contributed by atoms with Crippen molar-refractivity contribution in [3.63, 3.8) is 0 Å². The van der Waals surface area contributed by atoms with Crippen molar-refractivity contribution in [3.05, 3.63) is 83.3 Å². The maximum Gasteiger partial charge on any atom is 0.293 e. The first-order valence-electron chi connectivity index (χ1n) is 8.87. The Balaban J connectivity index is 1.78. The minimum absolute atomic E-state index is 0.0799. The highest BCUT2D eigenvalue weighted by Gasteiger charge is 2.16. The van der Waals surface area contributed by atoms with E-state index in [0.717, 1.165) is 5.39 Å². The van der Waals surface area contributed by atoms with E-state index in [0.29, 0.717) is 28.5 Å². The number of anilines is 2. The summed E-state index contributed by atoms with van der Waals surface area (Å²) in [5, 5.41) is 18.6. The molecule has 3 aromatic heterocycles. The number of fused-ring (bicyclic) bond motifs is 3. The highest BCUT2D eigenvalue weighted by atomic mass is 16.3. The molecule has 0 fully saturated rings. The number of phenols is 1. The second-order valence-corrected chi connectivity index (χ2v) is 6.31. The number of hydrogen-bond donors (Lipinski definition) is 2. The molecule has 0 bridgehead atoms. The highest BCUT2D eigenvalue weighted by Crippen LogP contribution is 2.29. The van der Waals surface area contributed by atoms with Crippen LogP contribution in [0.3, 0.4) is 0 Å². The van der Waals surface area contributed by atoms with Crippen molar-refractivity contribution in [1.82, 2.24) is 24.6 Å².